The van der Waals surface area contributed by atoms with Crippen LogP contribution in [0.25, 0.3) is 11.1 Å². The quantitative estimate of drug-likeness (QED) is 0.888. The molecule has 0 amide bonds. The summed E-state index contributed by atoms with van der Waals surface area (Å²) < 4.78 is 0. The van der Waals surface area contributed by atoms with Gasteiger partial charge in [0.05, 0.1) is 5.56 Å². The van der Waals surface area contributed by atoms with Crippen molar-refractivity contribution in [3.05, 3.63) is 71.4 Å². The molecule has 0 bridgehead atoms. The molecule has 0 atom stereocenters. The van der Waals surface area contributed by atoms with Gasteiger partial charge < -0.3 is 10.0 Å². The summed E-state index contributed by atoms with van der Waals surface area (Å²) in [5.41, 5.74) is 4.45. The molecule has 3 nitrogen and oxygen atoms in total. The fourth-order valence-electron chi connectivity index (χ4n) is 2.49. The maximum Gasteiger partial charge on any atom is 0.336 e. The first-order chi connectivity index (χ1) is 10.5. The third kappa shape index (κ3) is 3.98. The minimum Gasteiger partial charge on any atom is -0.478 e. The Labute approximate surface area is 131 Å². The molecule has 0 unspecified atom stereocenters. The van der Waals surface area contributed by atoms with Gasteiger partial charge in [-0.05, 0) is 42.8 Å². The second kappa shape index (κ2) is 6.94. The van der Waals surface area contributed by atoms with Crippen LogP contribution in [0.5, 0.6) is 0 Å². The molecular weight excluding hydrogens is 274 g/mol. The standard InChI is InChI=1S/C19H21NO2/c1-14(2)12-20(3)13-15-8-10-16(11-9-15)17-6-4-5-7-18(17)19(21)22/h4-12H,13H2,1-3H3,(H,21,22). The van der Waals surface area contributed by atoms with Crippen LogP contribution in [0, 0.1) is 0 Å². The van der Waals surface area contributed by atoms with Crippen LogP contribution in [0.4, 0.5) is 0 Å². The molecule has 0 saturated heterocycles. The van der Waals surface area contributed by atoms with Crippen LogP contribution in [0.15, 0.2) is 60.3 Å². The lowest BCUT2D eigenvalue weighted by molar-refractivity contribution is 0.0697. The van der Waals surface area contributed by atoms with E-state index in [0.717, 1.165) is 17.7 Å². The lowest BCUT2D eigenvalue weighted by Crippen LogP contribution is -2.10. The van der Waals surface area contributed by atoms with Gasteiger partial charge in [0.2, 0.25) is 0 Å². The Morgan fingerprint density at radius 3 is 2.32 bits per heavy atom. The van der Waals surface area contributed by atoms with Crippen molar-refractivity contribution in [2.24, 2.45) is 0 Å². The zero-order valence-corrected chi connectivity index (χ0v) is 13.2. The van der Waals surface area contributed by atoms with Gasteiger partial charge in [0.25, 0.3) is 0 Å². The number of hydrogen-bond acceptors (Lipinski definition) is 2. The fourth-order valence-corrected chi connectivity index (χ4v) is 2.49. The first kappa shape index (κ1) is 15.8. The predicted molar refractivity (Wildman–Crippen MR) is 89.7 cm³/mol. The van der Waals surface area contributed by atoms with Crippen LogP contribution in [0.1, 0.15) is 29.8 Å². The van der Waals surface area contributed by atoms with Crippen molar-refractivity contribution in [3.63, 3.8) is 0 Å². The van der Waals surface area contributed by atoms with Gasteiger partial charge in [-0.25, -0.2) is 4.79 Å². The topological polar surface area (TPSA) is 40.5 Å². The predicted octanol–water partition coefficient (Wildman–Crippen LogP) is 4.41. The van der Waals surface area contributed by atoms with E-state index in [-0.39, 0.29) is 0 Å². The summed E-state index contributed by atoms with van der Waals surface area (Å²) in [5.74, 6) is -0.900. The van der Waals surface area contributed by atoms with Crippen LogP contribution >= 0.6 is 0 Å². The summed E-state index contributed by atoms with van der Waals surface area (Å²) >= 11 is 0. The molecule has 22 heavy (non-hydrogen) atoms. The number of benzene rings is 2. The molecule has 0 aliphatic carbocycles. The molecular formula is C19H21NO2. The molecule has 0 spiro atoms. The van der Waals surface area contributed by atoms with Crippen LogP contribution in [0.2, 0.25) is 0 Å². The molecule has 1 N–H and O–H groups in total. The van der Waals surface area contributed by atoms with Crippen molar-refractivity contribution in [1.82, 2.24) is 4.90 Å². The molecule has 0 aromatic heterocycles. The van der Waals surface area contributed by atoms with Crippen molar-refractivity contribution in [3.8, 4) is 11.1 Å². The number of rotatable bonds is 5. The summed E-state index contributed by atoms with van der Waals surface area (Å²) in [6.07, 6.45) is 2.10. The van der Waals surface area contributed by atoms with Crippen LogP contribution in [-0.2, 0) is 6.54 Å². The summed E-state index contributed by atoms with van der Waals surface area (Å²) in [4.78, 5) is 13.4. The second-order valence-corrected chi connectivity index (χ2v) is 5.67. The smallest absolute Gasteiger partial charge is 0.336 e. The largest absolute Gasteiger partial charge is 0.478 e. The van der Waals surface area contributed by atoms with Gasteiger partial charge in [0.1, 0.15) is 0 Å². The van der Waals surface area contributed by atoms with Gasteiger partial charge in [0, 0.05) is 13.6 Å². The Bertz CT molecular complexity index is 683. The molecule has 0 fully saturated rings. The number of carboxylic acids is 1. The first-order valence-corrected chi connectivity index (χ1v) is 7.24. The highest BCUT2D eigenvalue weighted by molar-refractivity contribution is 5.95. The van der Waals surface area contributed by atoms with Crippen LogP contribution in [-0.4, -0.2) is 23.0 Å². The Hall–Kier alpha value is -2.55. The summed E-state index contributed by atoms with van der Waals surface area (Å²) in [5, 5.41) is 9.27. The van der Waals surface area contributed by atoms with Gasteiger partial charge in [-0.1, -0.05) is 48.0 Å². The number of carboxylic acid groups (broad SMARTS) is 1. The minimum atomic E-state index is -0.900. The third-order valence-corrected chi connectivity index (χ3v) is 3.33. The maximum atomic E-state index is 11.3. The fraction of sp³-hybridized carbons (Fsp3) is 0.211. The Kier molecular flexibility index (Phi) is 4.99. The molecule has 0 aliphatic heterocycles. The highest BCUT2D eigenvalue weighted by Crippen LogP contribution is 2.24. The summed E-state index contributed by atoms with van der Waals surface area (Å²) in [7, 11) is 2.04. The van der Waals surface area contributed by atoms with E-state index >= 15 is 0 Å². The third-order valence-electron chi connectivity index (χ3n) is 3.33. The monoisotopic (exact) mass is 295 g/mol. The van der Waals surface area contributed by atoms with Gasteiger partial charge in [-0.2, -0.15) is 0 Å². The van der Waals surface area contributed by atoms with Gasteiger partial charge in [0.15, 0.2) is 0 Å². The average molecular weight is 295 g/mol. The second-order valence-electron chi connectivity index (χ2n) is 5.67. The van der Waals surface area contributed by atoms with Crippen molar-refractivity contribution in [2.75, 3.05) is 7.05 Å². The van der Waals surface area contributed by atoms with E-state index in [9.17, 15) is 9.90 Å². The Morgan fingerprint density at radius 1 is 1.09 bits per heavy atom. The number of aromatic carboxylic acids is 1. The molecule has 2 aromatic rings. The molecule has 2 aromatic carbocycles. The van der Waals surface area contributed by atoms with E-state index < -0.39 is 5.97 Å². The average Bonchev–Trinajstić information content (AvgIpc) is 2.47. The molecule has 0 saturated carbocycles. The zero-order chi connectivity index (χ0) is 16.1. The lowest BCUT2D eigenvalue weighted by Gasteiger charge is -2.15. The molecule has 3 heteroatoms. The lowest BCUT2D eigenvalue weighted by atomic mass is 9.99. The van der Waals surface area contributed by atoms with E-state index in [4.69, 9.17) is 0 Å². The Balaban J connectivity index is 2.23. The van der Waals surface area contributed by atoms with Crippen molar-refractivity contribution >= 4 is 5.97 Å². The molecule has 0 radical (unpaired) electrons. The van der Waals surface area contributed by atoms with Crippen molar-refractivity contribution in [1.29, 1.82) is 0 Å². The SMILES string of the molecule is CC(C)=CN(C)Cc1ccc(-c2ccccc2C(=O)O)cc1. The van der Waals surface area contributed by atoms with Gasteiger partial charge in [-0.15, -0.1) is 0 Å². The van der Waals surface area contributed by atoms with Gasteiger partial charge in [-0.3, -0.25) is 0 Å². The first-order valence-electron chi connectivity index (χ1n) is 7.24. The van der Waals surface area contributed by atoms with Crippen LogP contribution in [0.3, 0.4) is 0 Å². The zero-order valence-electron chi connectivity index (χ0n) is 13.2. The number of carbonyl (C=O) groups is 1. The molecule has 2 rings (SSSR count). The highest BCUT2D eigenvalue weighted by atomic mass is 16.4. The van der Waals surface area contributed by atoms with E-state index in [2.05, 4.69) is 24.9 Å². The minimum absolute atomic E-state index is 0.330. The summed E-state index contributed by atoms with van der Waals surface area (Å²) in [6, 6.07) is 15.1. The normalized spacial score (nSPS) is 10.1. The number of hydrogen-bond donors (Lipinski definition) is 1. The highest BCUT2D eigenvalue weighted by Gasteiger charge is 2.10. The number of allylic oxidation sites excluding steroid dienone is 1. The molecule has 114 valence electrons. The Morgan fingerprint density at radius 2 is 1.73 bits per heavy atom. The molecule has 0 aliphatic rings. The summed E-state index contributed by atoms with van der Waals surface area (Å²) in [6.45, 7) is 4.97. The van der Waals surface area contributed by atoms with Gasteiger partial charge >= 0.3 is 5.97 Å². The van der Waals surface area contributed by atoms with E-state index in [1.165, 1.54) is 11.1 Å². The number of nitrogens with zero attached hydrogens (tertiary/aromatic N) is 1. The van der Waals surface area contributed by atoms with E-state index in [1.807, 2.05) is 43.4 Å². The van der Waals surface area contributed by atoms with Crippen LogP contribution < -0.4 is 0 Å². The maximum absolute atomic E-state index is 11.3. The van der Waals surface area contributed by atoms with Crippen molar-refractivity contribution < 1.29 is 9.90 Å². The van der Waals surface area contributed by atoms with E-state index in [0.29, 0.717) is 5.56 Å². The van der Waals surface area contributed by atoms with Crippen molar-refractivity contribution in [2.45, 2.75) is 20.4 Å². The van der Waals surface area contributed by atoms with E-state index in [1.54, 1.807) is 12.1 Å². The molecule has 0 heterocycles.